The molecule has 1 heterocycles. The van der Waals surface area contributed by atoms with Gasteiger partial charge in [-0.3, -0.25) is 9.48 Å². The van der Waals surface area contributed by atoms with E-state index in [9.17, 15) is 23.1 Å². The van der Waals surface area contributed by atoms with Gasteiger partial charge in [-0.15, -0.1) is 0 Å². The van der Waals surface area contributed by atoms with Crippen molar-refractivity contribution in [3.05, 3.63) is 41.7 Å². The number of carboxylic acids is 1. The quantitative estimate of drug-likeness (QED) is 0.791. The highest BCUT2D eigenvalue weighted by molar-refractivity contribution is 7.90. The topological polar surface area (TPSA) is 118 Å². The molecule has 140 valence electrons. The van der Waals surface area contributed by atoms with Crippen LogP contribution >= 0.6 is 0 Å². The number of carbonyl (C=O) groups is 2. The second-order valence-corrected chi connectivity index (χ2v) is 8.42. The van der Waals surface area contributed by atoms with Crippen molar-refractivity contribution in [2.75, 3.05) is 11.6 Å². The zero-order valence-electron chi connectivity index (χ0n) is 15.0. The number of aromatic nitrogens is 2. The van der Waals surface area contributed by atoms with Crippen LogP contribution in [0.15, 0.2) is 35.5 Å². The van der Waals surface area contributed by atoms with E-state index in [0.717, 1.165) is 6.26 Å². The Hall–Kier alpha value is -2.68. The lowest BCUT2D eigenvalue weighted by molar-refractivity contribution is -0.146. The summed E-state index contributed by atoms with van der Waals surface area (Å²) >= 11 is 0. The average Bonchev–Trinajstić information content (AvgIpc) is 3.02. The van der Waals surface area contributed by atoms with Crippen molar-refractivity contribution in [2.24, 2.45) is 0 Å². The van der Waals surface area contributed by atoms with Crippen molar-refractivity contribution in [1.29, 1.82) is 0 Å². The molecule has 0 saturated carbocycles. The Bertz CT molecular complexity index is 961. The molecular weight excluding hydrogens is 358 g/mol. The molecule has 2 N–H and O–H groups in total. The summed E-state index contributed by atoms with van der Waals surface area (Å²) in [6.45, 7) is 4.80. The molecule has 0 aliphatic carbocycles. The lowest BCUT2D eigenvalue weighted by atomic mass is 10.1. The average molecular weight is 379 g/mol. The van der Waals surface area contributed by atoms with Crippen LogP contribution in [0.2, 0.25) is 0 Å². The van der Waals surface area contributed by atoms with Gasteiger partial charge in [-0.2, -0.15) is 5.10 Å². The van der Waals surface area contributed by atoms with Crippen LogP contribution in [0.4, 0.5) is 5.69 Å². The first-order valence-corrected chi connectivity index (χ1v) is 9.79. The van der Waals surface area contributed by atoms with Crippen LogP contribution in [0.3, 0.4) is 0 Å². The van der Waals surface area contributed by atoms with Gasteiger partial charge >= 0.3 is 5.97 Å². The second kappa shape index (κ2) is 6.91. The lowest BCUT2D eigenvalue weighted by Gasteiger charge is -2.19. The van der Waals surface area contributed by atoms with E-state index in [2.05, 4.69) is 10.4 Å². The van der Waals surface area contributed by atoms with Gasteiger partial charge < -0.3 is 10.4 Å². The number of nitrogens with one attached hydrogen (secondary N) is 1. The standard InChI is InChI=1S/C17H21N3O5S/c1-5-11-6-7-12(8-14(11)26(4,24)25)15(21)19-13-9-18-20(10-13)17(2,3)16(22)23/h6-10H,5H2,1-4H3,(H,19,21)(H,22,23). The summed E-state index contributed by atoms with van der Waals surface area (Å²) in [6, 6.07) is 4.51. The number of rotatable bonds is 6. The molecule has 1 aromatic heterocycles. The van der Waals surface area contributed by atoms with Crippen LogP contribution in [0.25, 0.3) is 0 Å². The summed E-state index contributed by atoms with van der Waals surface area (Å²) in [6.07, 6.45) is 4.37. The third-order valence-corrected chi connectivity index (χ3v) is 5.23. The minimum atomic E-state index is -3.46. The molecule has 0 aliphatic rings. The van der Waals surface area contributed by atoms with Gasteiger partial charge in [0, 0.05) is 18.0 Å². The first kappa shape index (κ1) is 19.6. The molecule has 2 rings (SSSR count). The minimum absolute atomic E-state index is 0.121. The number of benzene rings is 1. The fourth-order valence-electron chi connectivity index (χ4n) is 2.33. The molecule has 1 amide bonds. The molecule has 0 fully saturated rings. The highest BCUT2D eigenvalue weighted by Gasteiger charge is 2.30. The van der Waals surface area contributed by atoms with Gasteiger partial charge in [0.25, 0.3) is 5.91 Å². The zero-order chi connectivity index (χ0) is 19.7. The molecule has 8 nitrogen and oxygen atoms in total. The molecule has 0 radical (unpaired) electrons. The van der Waals surface area contributed by atoms with Gasteiger partial charge in [-0.1, -0.05) is 13.0 Å². The van der Waals surface area contributed by atoms with Gasteiger partial charge in [0.05, 0.1) is 16.8 Å². The van der Waals surface area contributed by atoms with Crippen molar-refractivity contribution in [3.8, 4) is 0 Å². The van der Waals surface area contributed by atoms with Crippen LogP contribution in [0.5, 0.6) is 0 Å². The molecule has 0 bridgehead atoms. The summed E-state index contributed by atoms with van der Waals surface area (Å²) in [5.41, 5.74) is -0.132. The van der Waals surface area contributed by atoms with E-state index in [-0.39, 0.29) is 10.5 Å². The SMILES string of the molecule is CCc1ccc(C(=O)Nc2cnn(C(C)(C)C(=O)O)c2)cc1S(C)(=O)=O. The van der Waals surface area contributed by atoms with Crippen LogP contribution < -0.4 is 5.32 Å². The fourth-order valence-corrected chi connectivity index (χ4v) is 3.36. The number of sulfone groups is 1. The van der Waals surface area contributed by atoms with Crippen LogP contribution in [-0.2, 0) is 26.6 Å². The largest absolute Gasteiger partial charge is 0.479 e. The second-order valence-electron chi connectivity index (χ2n) is 6.44. The molecule has 1 aromatic carbocycles. The van der Waals surface area contributed by atoms with Crippen molar-refractivity contribution < 1.29 is 23.1 Å². The molecule has 0 saturated heterocycles. The zero-order valence-corrected chi connectivity index (χ0v) is 15.8. The third kappa shape index (κ3) is 3.93. The third-order valence-electron chi connectivity index (χ3n) is 4.05. The molecule has 0 unspecified atom stereocenters. The Morgan fingerprint density at radius 2 is 1.96 bits per heavy atom. The summed E-state index contributed by atoms with van der Waals surface area (Å²) in [5.74, 6) is -1.57. The number of nitrogens with zero attached hydrogens (tertiary/aromatic N) is 2. The van der Waals surface area contributed by atoms with Gasteiger partial charge in [0.15, 0.2) is 15.4 Å². The Morgan fingerprint density at radius 3 is 2.50 bits per heavy atom. The van der Waals surface area contributed by atoms with Gasteiger partial charge in [-0.25, -0.2) is 13.2 Å². The Morgan fingerprint density at radius 1 is 1.31 bits per heavy atom. The van der Waals surface area contributed by atoms with Gasteiger partial charge in [0.2, 0.25) is 0 Å². The van der Waals surface area contributed by atoms with Gasteiger partial charge in [-0.05, 0) is 38.0 Å². The number of hydrogen-bond donors (Lipinski definition) is 2. The molecule has 2 aromatic rings. The number of carboxylic acid groups (broad SMARTS) is 1. The Balaban J connectivity index is 2.29. The summed E-state index contributed by atoms with van der Waals surface area (Å²) < 4.78 is 25.1. The monoisotopic (exact) mass is 379 g/mol. The van der Waals surface area contributed by atoms with E-state index in [4.69, 9.17) is 0 Å². The smallest absolute Gasteiger partial charge is 0.331 e. The molecule has 0 atom stereocenters. The summed E-state index contributed by atoms with van der Waals surface area (Å²) in [5, 5.41) is 15.8. The van der Waals surface area contributed by atoms with Crippen LogP contribution in [0, 0.1) is 0 Å². The van der Waals surface area contributed by atoms with Crippen molar-refractivity contribution >= 4 is 27.4 Å². The maximum atomic E-state index is 12.4. The van der Waals surface area contributed by atoms with Crippen LogP contribution in [-0.4, -0.2) is 41.4 Å². The summed E-state index contributed by atoms with van der Waals surface area (Å²) in [4.78, 5) is 23.8. The maximum absolute atomic E-state index is 12.4. The number of hydrogen-bond acceptors (Lipinski definition) is 5. The van der Waals surface area contributed by atoms with E-state index < -0.39 is 27.3 Å². The Kier molecular flexibility index (Phi) is 5.22. The normalized spacial score (nSPS) is 12.0. The Labute approximate surface area is 151 Å². The minimum Gasteiger partial charge on any atom is -0.479 e. The van der Waals surface area contributed by atoms with Crippen molar-refractivity contribution in [1.82, 2.24) is 9.78 Å². The van der Waals surface area contributed by atoms with E-state index in [1.807, 2.05) is 6.92 Å². The first-order valence-electron chi connectivity index (χ1n) is 7.89. The number of amides is 1. The number of carbonyl (C=O) groups excluding carboxylic acids is 1. The first-order chi connectivity index (χ1) is 12.0. The molecule has 26 heavy (non-hydrogen) atoms. The molecule has 0 spiro atoms. The fraction of sp³-hybridized carbons (Fsp3) is 0.353. The van der Waals surface area contributed by atoms with Gasteiger partial charge in [0.1, 0.15) is 0 Å². The van der Waals surface area contributed by atoms with Crippen molar-refractivity contribution in [3.63, 3.8) is 0 Å². The van der Waals surface area contributed by atoms with E-state index >= 15 is 0 Å². The van der Waals surface area contributed by atoms with E-state index in [1.165, 1.54) is 37.0 Å². The van der Waals surface area contributed by atoms with Crippen LogP contribution in [0.1, 0.15) is 36.7 Å². The lowest BCUT2D eigenvalue weighted by Crippen LogP contribution is -2.35. The van der Waals surface area contributed by atoms with E-state index in [1.54, 1.807) is 12.1 Å². The maximum Gasteiger partial charge on any atom is 0.331 e. The van der Waals surface area contributed by atoms with Crippen molar-refractivity contribution in [2.45, 2.75) is 37.6 Å². The molecule has 0 aliphatic heterocycles. The molecule has 9 heteroatoms. The number of anilines is 1. The summed E-state index contributed by atoms with van der Waals surface area (Å²) in [7, 11) is -3.46. The predicted molar refractivity (Wildman–Crippen MR) is 96.1 cm³/mol. The number of aliphatic carboxylic acids is 1. The highest BCUT2D eigenvalue weighted by atomic mass is 32.2. The number of aryl methyl sites for hydroxylation is 1. The van der Waals surface area contributed by atoms with E-state index in [0.29, 0.717) is 17.7 Å². The molecular formula is C17H21N3O5S. The highest BCUT2D eigenvalue weighted by Crippen LogP contribution is 2.21. The predicted octanol–water partition coefficient (Wildman–Crippen LogP) is 1.92.